The number of fused-ring (bicyclic) bond motifs is 1. The highest BCUT2D eigenvalue weighted by atomic mass is 35.5. The summed E-state index contributed by atoms with van der Waals surface area (Å²) in [5.74, 6) is 0.821. The Kier molecular flexibility index (Phi) is 6.36. The van der Waals surface area contributed by atoms with Crippen molar-refractivity contribution in [1.29, 1.82) is 0 Å². The third-order valence-corrected chi connectivity index (χ3v) is 7.41. The number of hydrogen-bond acceptors (Lipinski definition) is 5. The predicted molar refractivity (Wildman–Crippen MR) is 134 cm³/mol. The largest absolute Gasteiger partial charge is 0.367 e. The summed E-state index contributed by atoms with van der Waals surface area (Å²) in [6.45, 7) is 3.34. The van der Waals surface area contributed by atoms with Gasteiger partial charge in [0.1, 0.15) is 0 Å². The molecule has 0 radical (unpaired) electrons. The number of rotatable bonds is 4. The first-order valence-corrected chi connectivity index (χ1v) is 12.3. The van der Waals surface area contributed by atoms with Crippen molar-refractivity contribution >= 4 is 39.8 Å². The minimum atomic E-state index is -0.0271. The van der Waals surface area contributed by atoms with Crippen LogP contribution in [0.4, 0.5) is 11.5 Å². The summed E-state index contributed by atoms with van der Waals surface area (Å²) >= 11 is 6.40. The first-order valence-electron chi connectivity index (χ1n) is 11.9. The maximum Gasteiger partial charge on any atom is 0.275 e. The Bertz CT molecular complexity index is 1140. The zero-order valence-electron chi connectivity index (χ0n) is 19.1. The fraction of sp³-hybridized carbons (Fsp3) is 0.423. The van der Waals surface area contributed by atoms with Crippen molar-refractivity contribution in [3.63, 3.8) is 0 Å². The zero-order valence-corrected chi connectivity index (χ0v) is 19.8. The first kappa shape index (κ1) is 22.0. The minimum absolute atomic E-state index is 0.0271. The Balaban J connectivity index is 1.38. The van der Waals surface area contributed by atoms with E-state index in [0.29, 0.717) is 11.7 Å². The van der Waals surface area contributed by atoms with Crippen LogP contribution in [0.2, 0.25) is 5.02 Å². The second-order valence-electron chi connectivity index (χ2n) is 9.05. The average molecular weight is 464 g/mol. The van der Waals surface area contributed by atoms with Crippen LogP contribution in [0.1, 0.15) is 42.6 Å². The number of amides is 1. The predicted octanol–water partition coefficient (Wildman–Crippen LogP) is 5.01. The van der Waals surface area contributed by atoms with E-state index in [4.69, 9.17) is 11.6 Å². The van der Waals surface area contributed by atoms with Gasteiger partial charge in [0.2, 0.25) is 0 Å². The number of hydrogen-bond donors (Lipinski definition) is 0. The zero-order chi connectivity index (χ0) is 22.8. The van der Waals surface area contributed by atoms with Crippen LogP contribution in [0.3, 0.4) is 0 Å². The van der Waals surface area contributed by atoms with Gasteiger partial charge in [0, 0.05) is 50.0 Å². The lowest BCUT2D eigenvalue weighted by atomic mass is 9.94. The number of aromatic nitrogens is 2. The van der Waals surface area contributed by atoms with E-state index in [2.05, 4.69) is 32.1 Å². The van der Waals surface area contributed by atoms with Crippen molar-refractivity contribution < 1.29 is 4.79 Å². The molecule has 2 aliphatic rings. The summed E-state index contributed by atoms with van der Waals surface area (Å²) in [6, 6.07) is 16.3. The molecule has 0 bridgehead atoms. The highest BCUT2D eigenvalue weighted by molar-refractivity contribution is 6.33. The van der Waals surface area contributed by atoms with Gasteiger partial charge in [-0.25, -0.2) is 0 Å². The third kappa shape index (κ3) is 4.36. The summed E-state index contributed by atoms with van der Waals surface area (Å²) in [6.07, 6.45) is 5.78. The topological polar surface area (TPSA) is 52.6 Å². The van der Waals surface area contributed by atoms with Gasteiger partial charge in [0.05, 0.1) is 10.7 Å². The monoisotopic (exact) mass is 463 g/mol. The summed E-state index contributed by atoms with van der Waals surface area (Å²) in [5.41, 5.74) is 1.53. The van der Waals surface area contributed by atoms with Crippen LogP contribution in [0, 0.1) is 0 Å². The number of nitrogens with zero attached hydrogens (tertiary/aromatic N) is 5. The maximum atomic E-state index is 13.4. The summed E-state index contributed by atoms with van der Waals surface area (Å²) in [4.78, 5) is 19.8. The maximum absolute atomic E-state index is 13.4. The van der Waals surface area contributed by atoms with Crippen LogP contribution in [0.25, 0.3) is 10.8 Å². The van der Waals surface area contributed by atoms with E-state index in [9.17, 15) is 4.79 Å². The molecule has 33 heavy (non-hydrogen) atoms. The molecule has 1 amide bonds. The molecular formula is C26H30ClN5O. The number of halogens is 1. The van der Waals surface area contributed by atoms with Crippen LogP contribution in [-0.2, 0) is 0 Å². The number of carbonyl (C=O) groups is 1. The number of carbonyl (C=O) groups excluding carboxylic acids is 1. The van der Waals surface area contributed by atoms with Crippen molar-refractivity contribution in [2.24, 2.45) is 0 Å². The number of anilines is 2. The highest BCUT2D eigenvalue weighted by Crippen LogP contribution is 2.31. The molecule has 1 aliphatic carbocycles. The van der Waals surface area contributed by atoms with E-state index in [-0.39, 0.29) is 5.91 Å². The molecule has 1 saturated heterocycles. The van der Waals surface area contributed by atoms with Crippen molar-refractivity contribution in [3.8, 4) is 0 Å². The molecule has 3 aromatic rings. The molecule has 172 valence electrons. The van der Waals surface area contributed by atoms with Crippen LogP contribution >= 0.6 is 11.6 Å². The number of benzene rings is 2. The second-order valence-corrected chi connectivity index (χ2v) is 9.46. The lowest BCUT2D eigenvalue weighted by Crippen LogP contribution is -2.47. The molecule has 1 aliphatic heterocycles. The van der Waals surface area contributed by atoms with Crippen LogP contribution in [0.5, 0.6) is 0 Å². The molecule has 0 N–H and O–H groups in total. The lowest BCUT2D eigenvalue weighted by Gasteiger charge is -2.37. The van der Waals surface area contributed by atoms with Crippen LogP contribution < -0.4 is 9.80 Å². The SMILES string of the molecule is CN(C(=O)c1nnc(N2CCN(c3ccccc3Cl)CC2)c2ccccc12)C1CCCCC1. The summed E-state index contributed by atoms with van der Waals surface area (Å²) < 4.78 is 0. The molecule has 1 saturated carbocycles. The molecule has 0 atom stereocenters. The third-order valence-electron chi connectivity index (χ3n) is 7.09. The summed E-state index contributed by atoms with van der Waals surface area (Å²) in [7, 11) is 1.91. The summed E-state index contributed by atoms with van der Waals surface area (Å²) in [5, 5.41) is 11.7. The van der Waals surface area contributed by atoms with Gasteiger partial charge in [0.25, 0.3) is 5.91 Å². The van der Waals surface area contributed by atoms with Crippen LogP contribution in [-0.4, -0.2) is 60.3 Å². The van der Waals surface area contributed by atoms with Gasteiger partial charge in [0.15, 0.2) is 11.5 Å². The molecule has 6 nitrogen and oxygen atoms in total. The van der Waals surface area contributed by atoms with E-state index in [1.54, 1.807) is 0 Å². The molecule has 7 heteroatoms. The molecular weight excluding hydrogens is 434 g/mol. The number of para-hydroxylation sites is 1. The Morgan fingerprint density at radius 1 is 0.879 bits per heavy atom. The normalized spacial score (nSPS) is 17.4. The van der Waals surface area contributed by atoms with Crippen LogP contribution in [0.15, 0.2) is 48.5 Å². The van der Waals surface area contributed by atoms with E-state index in [1.165, 1.54) is 19.3 Å². The fourth-order valence-electron chi connectivity index (χ4n) is 5.15. The molecule has 0 spiro atoms. The Hall–Kier alpha value is -2.86. The smallest absolute Gasteiger partial charge is 0.275 e. The van der Waals surface area contributed by atoms with E-state index < -0.39 is 0 Å². The fourth-order valence-corrected chi connectivity index (χ4v) is 5.41. The number of piperazine rings is 1. The molecule has 2 aromatic carbocycles. The molecule has 5 rings (SSSR count). The van der Waals surface area contributed by atoms with E-state index in [0.717, 1.165) is 66.3 Å². The van der Waals surface area contributed by atoms with E-state index >= 15 is 0 Å². The molecule has 2 fully saturated rings. The van der Waals surface area contributed by atoms with Gasteiger partial charge in [-0.15, -0.1) is 10.2 Å². The van der Waals surface area contributed by atoms with Crippen molar-refractivity contribution in [2.45, 2.75) is 38.1 Å². The molecule has 2 heterocycles. The Morgan fingerprint density at radius 2 is 1.52 bits per heavy atom. The van der Waals surface area contributed by atoms with Gasteiger partial charge in [-0.3, -0.25) is 4.79 Å². The second kappa shape index (κ2) is 9.56. The lowest BCUT2D eigenvalue weighted by molar-refractivity contribution is 0.0691. The van der Waals surface area contributed by atoms with Gasteiger partial charge in [-0.2, -0.15) is 0 Å². The standard InChI is InChI=1S/C26H30ClN5O/c1-30(19-9-3-2-4-10-19)26(33)24-20-11-5-6-12-21(20)25(29-28-24)32-17-15-31(16-18-32)23-14-8-7-13-22(23)27/h5-8,11-14,19H,2-4,9-10,15-18H2,1H3. The average Bonchev–Trinajstić information content (AvgIpc) is 2.88. The van der Waals surface area contributed by atoms with Crippen molar-refractivity contribution in [1.82, 2.24) is 15.1 Å². The van der Waals surface area contributed by atoms with Gasteiger partial charge >= 0.3 is 0 Å². The van der Waals surface area contributed by atoms with Crippen molar-refractivity contribution in [3.05, 3.63) is 59.2 Å². The Morgan fingerprint density at radius 3 is 2.24 bits per heavy atom. The van der Waals surface area contributed by atoms with Crippen molar-refractivity contribution in [2.75, 3.05) is 43.0 Å². The quantitative estimate of drug-likeness (QED) is 0.544. The first-order chi connectivity index (χ1) is 16.1. The van der Waals surface area contributed by atoms with Gasteiger partial charge in [-0.05, 0) is 25.0 Å². The Labute approximate surface area is 200 Å². The van der Waals surface area contributed by atoms with Gasteiger partial charge in [-0.1, -0.05) is 67.3 Å². The minimum Gasteiger partial charge on any atom is -0.367 e. The van der Waals surface area contributed by atoms with E-state index in [1.807, 2.05) is 48.3 Å². The molecule has 1 aromatic heterocycles. The van der Waals surface area contributed by atoms with Gasteiger partial charge < -0.3 is 14.7 Å². The molecule has 0 unspecified atom stereocenters. The highest BCUT2D eigenvalue weighted by Gasteiger charge is 2.27.